The lowest BCUT2D eigenvalue weighted by molar-refractivity contribution is -0.592. The van der Waals surface area contributed by atoms with E-state index >= 15 is 0 Å². The van der Waals surface area contributed by atoms with Crippen molar-refractivity contribution in [3.63, 3.8) is 0 Å². The van der Waals surface area contributed by atoms with Crippen LogP contribution in [0.15, 0.2) is 0 Å². The van der Waals surface area contributed by atoms with Crippen LogP contribution in [0.2, 0.25) is 0 Å². The van der Waals surface area contributed by atoms with Crippen molar-refractivity contribution in [3.8, 4) is 0 Å². The zero-order chi connectivity index (χ0) is 6.69. The first kappa shape index (κ1) is 6.52. The van der Waals surface area contributed by atoms with E-state index in [1.807, 2.05) is 0 Å². The number of hydrogen-bond donors (Lipinski definition) is 1. The predicted octanol–water partition coefficient (Wildman–Crippen LogP) is 1.86. The number of nitrogens with zero attached hydrogens (tertiary/aromatic N) is 1. The number of rotatable bonds is 1. The monoisotopic (exact) mass is 128 g/mol. The van der Waals surface area contributed by atoms with Gasteiger partial charge < -0.3 is 5.21 Å². The van der Waals surface area contributed by atoms with Crippen molar-refractivity contribution in [2.75, 3.05) is 0 Å². The molecular weight excluding hydrogens is 116 g/mol. The summed E-state index contributed by atoms with van der Waals surface area (Å²) in [6.07, 6.45) is 5.34. The van der Waals surface area contributed by atoms with Crippen LogP contribution < -0.4 is 0 Å². The highest BCUT2D eigenvalue weighted by Crippen LogP contribution is 2.19. The maximum absolute atomic E-state index is 10.4. The van der Waals surface area contributed by atoms with Crippen LogP contribution in [0.3, 0.4) is 0 Å². The molecule has 1 rings (SSSR count). The van der Waals surface area contributed by atoms with Gasteiger partial charge in [-0.3, -0.25) is 0 Å². The average Bonchev–Trinajstić information content (AvgIpc) is 1.90. The third-order valence-electron chi connectivity index (χ3n) is 1.91. The number of hydroxylamine groups is 1. The molecule has 0 amide bonds. The van der Waals surface area contributed by atoms with Crippen LogP contribution in [0, 0.1) is 10.7 Å². The minimum absolute atomic E-state index is 0.00116. The minimum Gasteiger partial charge on any atom is -0.600 e. The molecule has 9 heavy (non-hydrogen) atoms. The molecular formula is C6H12N2O. The van der Waals surface area contributed by atoms with Crippen LogP contribution in [0.25, 0.3) is 0 Å². The highest BCUT2D eigenvalue weighted by Gasteiger charge is 2.19. The second-order valence-electron chi connectivity index (χ2n) is 2.62. The normalized spacial score (nSPS) is 21.8. The van der Waals surface area contributed by atoms with E-state index in [2.05, 4.69) is 0 Å². The summed E-state index contributed by atoms with van der Waals surface area (Å²) >= 11 is 0. The maximum Gasteiger partial charge on any atom is 0.189 e. The largest absolute Gasteiger partial charge is 0.600 e. The maximum atomic E-state index is 10.4. The molecule has 1 aliphatic rings. The van der Waals surface area contributed by atoms with Gasteiger partial charge in [-0.25, -0.2) is 0 Å². The van der Waals surface area contributed by atoms with Crippen molar-refractivity contribution in [2.45, 2.75) is 38.1 Å². The van der Waals surface area contributed by atoms with Gasteiger partial charge in [0.15, 0.2) is 6.04 Å². The fourth-order valence-electron chi connectivity index (χ4n) is 1.32. The summed E-state index contributed by atoms with van der Waals surface area (Å²) in [6, 6.07) is -0.00116. The van der Waals surface area contributed by atoms with Crippen LogP contribution in [0.4, 0.5) is 0 Å². The third-order valence-corrected chi connectivity index (χ3v) is 1.91. The Hall–Kier alpha value is -0.600. The Balaban J connectivity index is 2.31. The summed E-state index contributed by atoms with van der Waals surface area (Å²) in [5.41, 5.74) is 6.75. The molecule has 0 aliphatic heterocycles. The zero-order valence-electron chi connectivity index (χ0n) is 5.47. The quantitative estimate of drug-likeness (QED) is 0.327. The van der Waals surface area contributed by atoms with E-state index in [1.54, 1.807) is 0 Å². The molecule has 1 saturated carbocycles. The van der Waals surface area contributed by atoms with Gasteiger partial charge in [-0.15, -0.1) is 0 Å². The van der Waals surface area contributed by atoms with Crippen LogP contribution in [-0.4, -0.2) is 10.9 Å². The molecule has 0 atom stereocenters. The van der Waals surface area contributed by atoms with Crippen LogP contribution in [0.1, 0.15) is 32.1 Å². The highest BCUT2D eigenvalue weighted by molar-refractivity contribution is 4.62. The first-order valence-electron chi connectivity index (χ1n) is 3.48. The van der Waals surface area contributed by atoms with Gasteiger partial charge in [0.25, 0.3) is 0 Å². The summed E-state index contributed by atoms with van der Waals surface area (Å²) in [7, 11) is 0. The molecule has 0 radical (unpaired) electrons. The third kappa shape index (κ3) is 1.66. The van der Waals surface area contributed by atoms with Gasteiger partial charge in [-0.05, 0) is 18.4 Å². The number of nitrogens with one attached hydrogen (secondary N) is 1. The van der Waals surface area contributed by atoms with Gasteiger partial charge in [0, 0.05) is 12.8 Å². The van der Waals surface area contributed by atoms with Crippen LogP contribution in [-0.2, 0) is 0 Å². The molecule has 0 bridgehead atoms. The molecule has 0 spiro atoms. The van der Waals surface area contributed by atoms with Gasteiger partial charge in [-0.1, -0.05) is 11.3 Å². The van der Waals surface area contributed by atoms with Crippen LogP contribution in [0.5, 0.6) is 0 Å². The Bertz CT molecular complexity index is 108. The van der Waals surface area contributed by atoms with Gasteiger partial charge in [0.05, 0.1) is 0 Å². The first-order valence-corrected chi connectivity index (χ1v) is 3.48. The smallest absolute Gasteiger partial charge is 0.189 e. The van der Waals surface area contributed by atoms with E-state index in [0.29, 0.717) is 4.86 Å². The molecule has 3 heteroatoms. The van der Waals surface area contributed by atoms with E-state index in [0.717, 1.165) is 25.7 Å². The molecule has 0 saturated heterocycles. The molecule has 0 aromatic rings. The summed E-state index contributed by atoms with van der Waals surface area (Å²) in [5.74, 6) is 0. The van der Waals surface area contributed by atoms with Crippen LogP contribution >= 0.6 is 0 Å². The van der Waals surface area contributed by atoms with Gasteiger partial charge >= 0.3 is 0 Å². The van der Waals surface area contributed by atoms with E-state index < -0.39 is 0 Å². The Morgan fingerprint density at radius 3 is 2.11 bits per heavy atom. The molecule has 0 aromatic heterocycles. The molecule has 0 unspecified atom stereocenters. The summed E-state index contributed by atoms with van der Waals surface area (Å²) < 4.78 is 0. The topological polar surface area (TPSA) is 49.9 Å². The van der Waals surface area contributed by atoms with Crippen molar-refractivity contribution in [2.24, 2.45) is 0 Å². The SMILES string of the molecule is N=[N+]([O-])C1CCCCC1. The lowest BCUT2D eigenvalue weighted by Gasteiger charge is -2.16. The van der Waals surface area contributed by atoms with E-state index in [4.69, 9.17) is 5.53 Å². The zero-order valence-corrected chi connectivity index (χ0v) is 5.47. The van der Waals surface area contributed by atoms with Gasteiger partial charge in [0.1, 0.15) is 0 Å². The predicted molar refractivity (Wildman–Crippen MR) is 33.2 cm³/mol. The second-order valence-corrected chi connectivity index (χ2v) is 2.62. The highest BCUT2D eigenvalue weighted by atomic mass is 16.5. The fourth-order valence-corrected chi connectivity index (χ4v) is 1.32. The fraction of sp³-hybridized carbons (Fsp3) is 1.00. The van der Waals surface area contributed by atoms with Gasteiger partial charge in [-0.2, -0.15) is 0 Å². The molecule has 3 nitrogen and oxygen atoms in total. The Morgan fingerprint density at radius 1 is 1.22 bits per heavy atom. The molecule has 1 fully saturated rings. The lowest BCUT2D eigenvalue weighted by Crippen LogP contribution is -2.21. The molecule has 0 heterocycles. The summed E-state index contributed by atoms with van der Waals surface area (Å²) in [4.78, 5) is 0.360. The van der Waals surface area contributed by atoms with E-state index in [9.17, 15) is 5.21 Å². The Kier molecular flexibility index (Phi) is 2.03. The number of hydrogen-bond acceptors (Lipinski definition) is 2. The van der Waals surface area contributed by atoms with E-state index in [-0.39, 0.29) is 6.04 Å². The molecule has 1 N–H and O–H groups in total. The van der Waals surface area contributed by atoms with E-state index in [1.165, 1.54) is 6.42 Å². The minimum atomic E-state index is -0.00116. The molecule has 52 valence electrons. The van der Waals surface area contributed by atoms with Gasteiger partial charge in [0.2, 0.25) is 0 Å². The standard InChI is InChI=1S/C6H12N2O/c7-8(9)6-4-2-1-3-5-6/h6-7H,1-5H2. The molecule has 1 aliphatic carbocycles. The Morgan fingerprint density at radius 2 is 1.78 bits per heavy atom. The van der Waals surface area contributed by atoms with Crippen molar-refractivity contribution in [3.05, 3.63) is 5.21 Å². The average molecular weight is 128 g/mol. The molecule has 0 aromatic carbocycles. The summed E-state index contributed by atoms with van der Waals surface area (Å²) in [5, 5.41) is 10.4. The second kappa shape index (κ2) is 2.80. The summed E-state index contributed by atoms with van der Waals surface area (Å²) in [6.45, 7) is 0. The Labute approximate surface area is 54.8 Å². The van der Waals surface area contributed by atoms with Crippen molar-refractivity contribution < 1.29 is 4.86 Å². The van der Waals surface area contributed by atoms with Crippen molar-refractivity contribution in [1.29, 1.82) is 5.53 Å². The first-order chi connectivity index (χ1) is 4.30. The van der Waals surface area contributed by atoms with Crippen molar-refractivity contribution >= 4 is 0 Å². The lowest BCUT2D eigenvalue weighted by atomic mass is 9.96. The van der Waals surface area contributed by atoms with Crippen molar-refractivity contribution in [1.82, 2.24) is 0 Å².